The second kappa shape index (κ2) is 5.06. The van der Waals surface area contributed by atoms with Gasteiger partial charge in [0.1, 0.15) is 5.69 Å². The average molecular weight is 283 g/mol. The normalized spacial score (nSPS) is 32.5. The zero-order chi connectivity index (χ0) is 12.6. The molecule has 5 nitrogen and oxygen atoms in total. The Labute approximate surface area is 118 Å². The molecule has 2 aliphatic rings. The van der Waals surface area contributed by atoms with Crippen molar-refractivity contribution in [1.82, 2.24) is 15.3 Å². The van der Waals surface area contributed by atoms with Crippen molar-refractivity contribution in [3.05, 3.63) is 24.3 Å². The number of hydrogen-bond acceptors (Lipinski definition) is 4. The lowest BCUT2D eigenvalue weighted by Crippen LogP contribution is -2.52. The third-order valence-corrected chi connectivity index (χ3v) is 4.30. The van der Waals surface area contributed by atoms with E-state index in [2.05, 4.69) is 15.3 Å². The van der Waals surface area contributed by atoms with E-state index in [-0.39, 0.29) is 29.4 Å². The number of hydrogen-bond donors (Lipinski definition) is 2. The van der Waals surface area contributed by atoms with Crippen molar-refractivity contribution in [1.29, 1.82) is 0 Å². The number of nitrogens with two attached hydrogens (primary N) is 1. The molecule has 1 aromatic heterocycles. The monoisotopic (exact) mass is 282 g/mol. The van der Waals surface area contributed by atoms with Crippen LogP contribution >= 0.6 is 12.4 Å². The quantitative estimate of drug-likeness (QED) is 0.860. The molecule has 0 aromatic carbocycles. The third kappa shape index (κ3) is 2.72. The maximum absolute atomic E-state index is 12.1. The summed E-state index contributed by atoms with van der Waals surface area (Å²) in [5.74, 6) is -0.130. The molecule has 104 valence electrons. The van der Waals surface area contributed by atoms with Crippen LogP contribution in [0.3, 0.4) is 0 Å². The van der Waals surface area contributed by atoms with E-state index in [0.29, 0.717) is 5.69 Å². The van der Waals surface area contributed by atoms with Crippen LogP contribution in [0.5, 0.6) is 0 Å². The Kier molecular flexibility index (Phi) is 3.78. The summed E-state index contributed by atoms with van der Waals surface area (Å²) in [7, 11) is 0. The Morgan fingerprint density at radius 1 is 1.26 bits per heavy atom. The second-order valence-corrected chi connectivity index (χ2v) is 5.72. The highest BCUT2D eigenvalue weighted by atomic mass is 35.5. The number of aromatic nitrogens is 2. The Morgan fingerprint density at radius 2 is 2.11 bits per heavy atom. The summed E-state index contributed by atoms with van der Waals surface area (Å²) in [6.07, 6.45) is 10.7. The van der Waals surface area contributed by atoms with Gasteiger partial charge in [-0.05, 0) is 38.5 Å². The molecule has 2 saturated carbocycles. The Bertz CT molecular complexity index is 469. The van der Waals surface area contributed by atoms with Crippen LogP contribution in [0.15, 0.2) is 18.6 Å². The molecule has 0 spiro atoms. The molecular formula is C13H19ClN4O. The number of halogens is 1. The van der Waals surface area contributed by atoms with Gasteiger partial charge < -0.3 is 11.1 Å². The maximum Gasteiger partial charge on any atom is 0.271 e. The van der Waals surface area contributed by atoms with Crippen LogP contribution < -0.4 is 11.1 Å². The van der Waals surface area contributed by atoms with Crippen molar-refractivity contribution in [2.45, 2.75) is 49.6 Å². The van der Waals surface area contributed by atoms with E-state index >= 15 is 0 Å². The van der Waals surface area contributed by atoms with Crippen molar-refractivity contribution in [3.8, 4) is 0 Å². The Morgan fingerprint density at radius 3 is 2.84 bits per heavy atom. The van der Waals surface area contributed by atoms with E-state index in [4.69, 9.17) is 5.73 Å². The fraction of sp³-hybridized carbons (Fsp3) is 0.615. The summed E-state index contributed by atoms with van der Waals surface area (Å²) in [4.78, 5) is 20.1. The van der Waals surface area contributed by atoms with Crippen LogP contribution in [0.1, 0.15) is 49.0 Å². The fourth-order valence-electron chi connectivity index (χ4n) is 3.43. The fourth-order valence-corrected chi connectivity index (χ4v) is 3.43. The summed E-state index contributed by atoms with van der Waals surface area (Å²) >= 11 is 0. The summed E-state index contributed by atoms with van der Waals surface area (Å²) in [6, 6.07) is 0. The van der Waals surface area contributed by atoms with Gasteiger partial charge in [0.25, 0.3) is 5.91 Å². The first-order valence-electron chi connectivity index (χ1n) is 6.48. The molecule has 0 aliphatic heterocycles. The van der Waals surface area contributed by atoms with Crippen LogP contribution in [0.4, 0.5) is 0 Å². The van der Waals surface area contributed by atoms with Gasteiger partial charge in [0.05, 0.1) is 6.20 Å². The maximum atomic E-state index is 12.1. The summed E-state index contributed by atoms with van der Waals surface area (Å²) in [5.41, 5.74) is 6.53. The first kappa shape index (κ1) is 14.2. The van der Waals surface area contributed by atoms with Gasteiger partial charge in [0, 0.05) is 23.5 Å². The molecule has 1 amide bonds. The topological polar surface area (TPSA) is 80.9 Å². The van der Waals surface area contributed by atoms with E-state index in [0.717, 1.165) is 38.5 Å². The smallest absolute Gasteiger partial charge is 0.271 e. The van der Waals surface area contributed by atoms with Gasteiger partial charge in [-0.2, -0.15) is 0 Å². The molecule has 0 radical (unpaired) electrons. The molecule has 0 saturated heterocycles. The van der Waals surface area contributed by atoms with Crippen molar-refractivity contribution < 1.29 is 4.79 Å². The molecule has 2 aliphatic carbocycles. The molecule has 2 fully saturated rings. The molecule has 2 atom stereocenters. The van der Waals surface area contributed by atoms with Crippen molar-refractivity contribution in [2.24, 2.45) is 5.73 Å². The van der Waals surface area contributed by atoms with Gasteiger partial charge in [-0.25, -0.2) is 4.98 Å². The first-order valence-corrected chi connectivity index (χ1v) is 6.48. The van der Waals surface area contributed by atoms with Crippen LogP contribution in [-0.2, 0) is 0 Å². The summed E-state index contributed by atoms with van der Waals surface area (Å²) in [6.45, 7) is 0. The first-order chi connectivity index (χ1) is 8.61. The van der Waals surface area contributed by atoms with Crippen molar-refractivity contribution in [2.75, 3.05) is 0 Å². The molecule has 6 heteroatoms. The largest absolute Gasteiger partial charge is 0.345 e. The minimum atomic E-state index is -0.130. The number of nitrogens with zero attached hydrogens (tertiary/aromatic N) is 2. The number of carbonyl (C=O) groups excluding carboxylic acids is 1. The lowest BCUT2D eigenvalue weighted by molar-refractivity contribution is 0.0871. The zero-order valence-electron chi connectivity index (χ0n) is 10.8. The lowest BCUT2D eigenvalue weighted by Gasteiger charge is -2.37. The van der Waals surface area contributed by atoms with E-state index in [1.165, 1.54) is 12.4 Å². The Hall–Kier alpha value is -1.20. The zero-order valence-corrected chi connectivity index (χ0v) is 11.6. The van der Waals surface area contributed by atoms with Crippen LogP contribution in [-0.4, -0.2) is 27.0 Å². The van der Waals surface area contributed by atoms with Crippen molar-refractivity contribution in [3.63, 3.8) is 0 Å². The molecule has 19 heavy (non-hydrogen) atoms. The number of amides is 1. The minimum Gasteiger partial charge on any atom is -0.345 e. The molecule has 2 bridgehead atoms. The molecule has 1 aromatic rings. The average Bonchev–Trinajstić information content (AvgIpc) is 2.60. The van der Waals surface area contributed by atoms with Gasteiger partial charge in [0.15, 0.2) is 0 Å². The van der Waals surface area contributed by atoms with Gasteiger partial charge in [-0.15, -0.1) is 12.4 Å². The summed E-state index contributed by atoms with van der Waals surface area (Å²) < 4.78 is 0. The van der Waals surface area contributed by atoms with E-state index in [9.17, 15) is 4.79 Å². The molecular weight excluding hydrogens is 264 g/mol. The number of carbonyl (C=O) groups is 1. The highest BCUT2D eigenvalue weighted by Crippen LogP contribution is 2.46. The molecule has 1 heterocycles. The second-order valence-electron chi connectivity index (χ2n) is 5.72. The van der Waals surface area contributed by atoms with E-state index < -0.39 is 0 Å². The van der Waals surface area contributed by atoms with Crippen LogP contribution in [0.2, 0.25) is 0 Å². The standard InChI is InChI=1S/C13H18N4O.ClH/c14-12-2-1-3-13(9-12,5-4-12)17-11(18)10-8-15-6-7-16-10;/h6-8H,1-5,9,14H2,(H,17,18);1H/t12-,13+;/m1./s1. The molecule has 3 N–H and O–H groups in total. The number of fused-ring (bicyclic) bond motifs is 2. The Balaban J connectivity index is 0.00000133. The highest BCUT2D eigenvalue weighted by molar-refractivity contribution is 5.92. The SMILES string of the molecule is Cl.N[C@]12CCC[C@](NC(=O)c3cnccn3)(CC1)C2. The van der Waals surface area contributed by atoms with Gasteiger partial charge in [-0.1, -0.05) is 0 Å². The van der Waals surface area contributed by atoms with E-state index in [1.807, 2.05) is 0 Å². The number of rotatable bonds is 2. The minimum absolute atomic E-state index is 0. The lowest BCUT2D eigenvalue weighted by atomic mass is 9.79. The van der Waals surface area contributed by atoms with Crippen LogP contribution in [0, 0.1) is 0 Å². The van der Waals surface area contributed by atoms with Crippen molar-refractivity contribution >= 4 is 18.3 Å². The van der Waals surface area contributed by atoms with Gasteiger partial charge in [-0.3, -0.25) is 9.78 Å². The molecule has 0 unspecified atom stereocenters. The van der Waals surface area contributed by atoms with E-state index in [1.54, 1.807) is 6.20 Å². The van der Waals surface area contributed by atoms with Crippen LogP contribution in [0.25, 0.3) is 0 Å². The predicted molar refractivity (Wildman–Crippen MR) is 74.1 cm³/mol. The van der Waals surface area contributed by atoms with Gasteiger partial charge in [0.2, 0.25) is 0 Å². The molecule has 3 rings (SSSR count). The third-order valence-electron chi connectivity index (χ3n) is 4.30. The predicted octanol–water partition coefficient (Wildman–Crippen LogP) is 1.43. The number of nitrogens with one attached hydrogen (secondary N) is 1. The highest BCUT2D eigenvalue weighted by Gasteiger charge is 2.49. The summed E-state index contributed by atoms with van der Waals surface area (Å²) in [5, 5.41) is 3.14. The van der Waals surface area contributed by atoms with Gasteiger partial charge >= 0.3 is 0 Å².